The van der Waals surface area contributed by atoms with Gasteiger partial charge in [-0.05, 0) is 36.2 Å². The van der Waals surface area contributed by atoms with E-state index in [2.05, 4.69) is 9.97 Å². The first-order valence-electron chi connectivity index (χ1n) is 11.9. The molecule has 5 heterocycles. The summed E-state index contributed by atoms with van der Waals surface area (Å²) in [6.45, 7) is -2.23. The average Bonchev–Trinajstić information content (AvgIpc) is 3.40. The number of rotatable bonds is 4. The van der Waals surface area contributed by atoms with Gasteiger partial charge in [0, 0.05) is 53.8 Å². The third-order valence-corrected chi connectivity index (χ3v) is 7.62. The highest BCUT2D eigenvalue weighted by atomic mass is 19.3. The molecule has 2 aliphatic heterocycles. The van der Waals surface area contributed by atoms with E-state index in [1.54, 1.807) is 41.0 Å². The molecule has 2 bridgehead atoms. The minimum absolute atomic E-state index is 0.0166. The number of alkyl halides is 2. The van der Waals surface area contributed by atoms with Gasteiger partial charge in [0.15, 0.2) is 5.82 Å². The summed E-state index contributed by atoms with van der Waals surface area (Å²) in [5.41, 5.74) is 10.6. The molecule has 3 aromatic heterocycles. The standard InChI is InChI=1S/C26H22F2N6O3/c1-33-18-8-16(20-15(23(33)35)3-2-4-19(20)37-25(27)28)21-17-7-13(5-6-34(17)32-22(18)21)14-9-30-24(31-10-14)26(29)11-36-12-26/h2-7,9-10,16,18,25H,8,11-12,29H2,1H3. The summed E-state index contributed by atoms with van der Waals surface area (Å²) in [6, 6.07) is 8.35. The molecule has 3 aliphatic rings. The SMILES string of the molecule is CN1C(=O)c2cccc(OC(F)F)c2C2CC1c1nn3ccc(-c4cnc(C5(N)COC5)nc4)cc3c12. The minimum Gasteiger partial charge on any atom is -0.434 e. The number of carbonyl (C=O) groups excluding carboxylic acids is 1. The Hall–Kier alpha value is -3.96. The second kappa shape index (κ2) is 7.77. The summed E-state index contributed by atoms with van der Waals surface area (Å²) in [4.78, 5) is 23.9. The van der Waals surface area contributed by atoms with E-state index >= 15 is 0 Å². The Kier molecular flexibility index (Phi) is 4.67. The van der Waals surface area contributed by atoms with Gasteiger partial charge in [-0.1, -0.05) is 6.07 Å². The van der Waals surface area contributed by atoms with Crippen LogP contribution in [-0.2, 0) is 10.3 Å². The number of benzene rings is 1. The molecular weight excluding hydrogens is 482 g/mol. The van der Waals surface area contributed by atoms with Gasteiger partial charge in [0.05, 0.1) is 30.5 Å². The van der Waals surface area contributed by atoms with Crippen molar-refractivity contribution in [1.82, 2.24) is 24.5 Å². The van der Waals surface area contributed by atoms with Crippen LogP contribution in [0.3, 0.4) is 0 Å². The topological polar surface area (TPSA) is 108 Å². The van der Waals surface area contributed by atoms with Crippen molar-refractivity contribution < 1.29 is 23.0 Å². The maximum atomic E-state index is 13.3. The highest BCUT2D eigenvalue weighted by Gasteiger charge is 2.46. The van der Waals surface area contributed by atoms with Gasteiger partial charge < -0.3 is 20.1 Å². The zero-order chi connectivity index (χ0) is 25.5. The summed E-state index contributed by atoms with van der Waals surface area (Å²) in [7, 11) is 1.72. The van der Waals surface area contributed by atoms with E-state index in [-0.39, 0.29) is 23.6 Å². The molecule has 0 radical (unpaired) electrons. The van der Waals surface area contributed by atoms with Crippen molar-refractivity contribution in [2.24, 2.45) is 5.73 Å². The van der Waals surface area contributed by atoms with Crippen molar-refractivity contribution in [1.29, 1.82) is 0 Å². The van der Waals surface area contributed by atoms with Gasteiger partial charge in [-0.3, -0.25) is 4.79 Å². The van der Waals surface area contributed by atoms with E-state index in [4.69, 9.17) is 20.3 Å². The molecule has 2 unspecified atom stereocenters. The van der Waals surface area contributed by atoms with Gasteiger partial charge in [-0.2, -0.15) is 13.9 Å². The number of carbonyl (C=O) groups is 1. The quantitative estimate of drug-likeness (QED) is 0.455. The van der Waals surface area contributed by atoms with Gasteiger partial charge >= 0.3 is 6.61 Å². The average molecular weight is 504 g/mol. The number of nitrogens with two attached hydrogens (primary N) is 1. The molecule has 0 spiro atoms. The van der Waals surface area contributed by atoms with Crippen LogP contribution in [0.2, 0.25) is 0 Å². The number of fused-ring (bicyclic) bond motifs is 9. The molecule has 2 N–H and O–H groups in total. The smallest absolute Gasteiger partial charge is 0.387 e. The van der Waals surface area contributed by atoms with Crippen LogP contribution in [-0.4, -0.2) is 57.3 Å². The lowest BCUT2D eigenvalue weighted by atomic mass is 9.88. The molecule has 4 aromatic rings. The number of hydrogen-bond acceptors (Lipinski definition) is 7. The molecule has 2 atom stereocenters. The zero-order valence-corrected chi connectivity index (χ0v) is 19.8. The molecule has 7 rings (SSSR count). The predicted octanol–water partition coefficient (Wildman–Crippen LogP) is 3.24. The zero-order valence-electron chi connectivity index (χ0n) is 19.8. The number of amides is 1. The van der Waals surface area contributed by atoms with Crippen LogP contribution < -0.4 is 10.5 Å². The molecule has 1 fully saturated rings. The number of hydrogen-bond donors (Lipinski definition) is 1. The second-order valence-electron chi connectivity index (χ2n) is 9.80. The molecule has 11 heteroatoms. The Morgan fingerprint density at radius 2 is 1.95 bits per heavy atom. The van der Waals surface area contributed by atoms with Crippen molar-refractivity contribution in [3.63, 3.8) is 0 Å². The van der Waals surface area contributed by atoms with Crippen molar-refractivity contribution in [2.75, 3.05) is 20.3 Å². The van der Waals surface area contributed by atoms with E-state index in [1.165, 1.54) is 6.07 Å². The fourth-order valence-electron chi connectivity index (χ4n) is 5.73. The largest absolute Gasteiger partial charge is 0.434 e. The first-order chi connectivity index (χ1) is 17.8. The highest BCUT2D eigenvalue weighted by molar-refractivity contribution is 5.98. The maximum Gasteiger partial charge on any atom is 0.387 e. The van der Waals surface area contributed by atoms with Gasteiger partial charge in [0.25, 0.3) is 5.91 Å². The summed E-state index contributed by atoms with van der Waals surface area (Å²) in [6.07, 6.45) is 5.85. The van der Waals surface area contributed by atoms with E-state index in [9.17, 15) is 13.6 Å². The van der Waals surface area contributed by atoms with Crippen molar-refractivity contribution in [3.05, 3.63) is 77.1 Å². The van der Waals surface area contributed by atoms with Crippen LogP contribution in [0, 0.1) is 0 Å². The van der Waals surface area contributed by atoms with Crippen molar-refractivity contribution in [2.45, 2.75) is 30.5 Å². The molecule has 9 nitrogen and oxygen atoms in total. The summed E-state index contributed by atoms with van der Waals surface area (Å²) < 4.78 is 38.5. The molecule has 188 valence electrons. The third-order valence-electron chi connectivity index (χ3n) is 7.62. The number of pyridine rings is 1. The van der Waals surface area contributed by atoms with Crippen molar-refractivity contribution in [3.8, 4) is 16.9 Å². The molecule has 37 heavy (non-hydrogen) atoms. The molecule has 1 aromatic carbocycles. The third kappa shape index (κ3) is 3.20. The van der Waals surface area contributed by atoms with Gasteiger partial charge in [-0.25, -0.2) is 14.5 Å². The summed E-state index contributed by atoms with van der Waals surface area (Å²) >= 11 is 0. The first kappa shape index (κ1) is 22.3. The Morgan fingerprint density at radius 3 is 2.65 bits per heavy atom. The fraction of sp³-hybridized carbons (Fsp3) is 0.308. The van der Waals surface area contributed by atoms with Gasteiger partial charge in [-0.15, -0.1) is 0 Å². The summed E-state index contributed by atoms with van der Waals surface area (Å²) in [5, 5.41) is 4.80. The second-order valence-corrected chi connectivity index (χ2v) is 9.80. The van der Waals surface area contributed by atoms with Gasteiger partial charge in [0.2, 0.25) is 0 Å². The molecule has 1 amide bonds. The van der Waals surface area contributed by atoms with Crippen LogP contribution in [0.4, 0.5) is 8.78 Å². The van der Waals surface area contributed by atoms with E-state index < -0.39 is 12.2 Å². The molecular formula is C26H22F2N6O3. The van der Waals surface area contributed by atoms with E-state index in [0.29, 0.717) is 36.6 Å². The van der Waals surface area contributed by atoms with E-state index in [1.807, 2.05) is 18.3 Å². The number of ether oxygens (including phenoxy) is 2. The lowest BCUT2D eigenvalue weighted by molar-refractivity contribution is -0.0613. The lowest BCUT2D eigenvalue weighted by Gasteiger charge is -2.35. The van der Waals surface area contributed by atoms with Crippen LogP contribution >= 0.6 is 0 Å². The first-order valence-corrected chi connectivity index (χ1v) is 11.9. The Bertz CT molecular complexity index is 1570. The molecule has 1 aliphatic carbocycles. The minimum atomic E-state index is -3.00. The lowest BCUT2D eigenvalue weighted by Crippen LogP contribution is -2.55. The van der Waals surface area contributed by atoms with Crippen LogP contribution in [0.1, 0.15) is 51.4 Å². The number of halogens is 2. The fourth-order valence-corrected chi connectivity index (χ4v) is 5.73. The van der Waals surface area contributed by atoms with Crippen LogP contribution in [0.5, 0.6) is 5.75 Å². The monoisotopic (exact) mass is 504 g/mol. The summed E-state index contributed by atoms with van der Waals surface area (Å²) in [5.74, 6) is -0.0176. The number of aromatic nitrogens is 4. The Morgan fingerprint density at radius 1 is 1.16 bits per heavy atom. The highest BCUT2D eigenvalue weighted by Crippen LogP contribution is 2.53. The van der Waals surface area contributed by atoms with Crippen LogP contribution in [0.25, 0.3) is 16.6 Å². The Labute approximate surface area is 209 Å². The molecule has 0 saturated carbocycles. The van der Waals surface area contributed by atoms with Crippen LogP contribution in [0.15, 0.2) is 48.9 Å². The van der Waals surface area contributed by atoms with Crippen molar-refractivity contribution >= 4 is 11.4 Å². The maximum absolute atomic E-state index is 13.3. The number of nitrogens with zero attached hydrogens (tertiary/aromatic N) is 5. The Balaban J connectivity index is 1.37. The normalized spacial score (nSPS) is 21.5. The predicted molar refractivity (Wildman–Crippen MR) is 127 cm³/mol. The molecule has 1 saturated heterocycles. The van der Waals surface area contributed by atoms with E-state index in [0.717, 1.165) is 27.9 Å². The van der Waals surface area contributed by atoms with Gasteiger partial charge in [0.1, 0.15) is 11.3 Å².